The van der Waals surface area contributed by atoms with Crippen LogP contribution >= 0.6 is 11.6 Å². The molecule has 8 heteroatoms. The summed E-state index contributed by atoms with van der Waals surface area (Å²) in [6.45, 7) is 4.58. The maximum atomic E-state index is 12.1. The van der Waals surface area contributed by atoms with Crippen molar-refractivity contribution >= 4 is 35.3 Å². The first-order chi connectivity index (χ1) is 15.4. The van der Waals surface area contributed by atoms with E-state index in [1.807, 2.05) is 31.2 Å². The molecule has 0 heterocycles. The number of para-hydroxylation sites is 1. The summed E-state index contributed by atoms with van der Waals surface area (Å²) in [5, 5.41) is 7.29. The summed E-state index contributed by atoms with van der Waals surface area (Å²) in [7, 11) is 1.58. The third kappa shape index (κ3) is 8.23. The number of hydrogen-bond acceptors (Lipinski definition) is 5. The van der Waals surface area contributed by atoms with Crippen LogP contribution in [0, 0.1) is 6.92 Å². The van der Waals surface area contributed by atoms with E-state index in [0.29, 0.717) is 34.4 Å². The van der Waals surface area contributed by atoms with Gasteiger partial charge in [0.05, 0.1) is 19.9 Å². The van der Waals surface area contributed by atoms with Crippen LogP contribution in [0.3, 0.4) is 0 Å². The van der Waals surface area contributed by atoms with Gasteiger partial charge >= 0.3 is 0 Å². The second kappa shape index (κ2) is 13.4. The SMILES string of the molecule is CCCCCOc1c(C=NNC(=O)CCC(=O)Nc2ccc(C)c(Cl)c2)cccc1OC. The van der Waals surface area contributed by atoms with Crippen molar-refractivity contribution in [3.05, 3.63) is 52.5 Å². The number of benzene rings is 2. The number of unbranched alkanes of at least 4 members (excludes halogenated alkanes) is 2. The Kier molecular flexibility index (Phi) is 10.5. The number of hydrogen-bond donors (Lipinski definition) is 2. The maximum Gasteiger partial charge on any atom is 0.240 e. The van der Waals surface area contributed by atoms with Gasteiger partial charge in [-0.3, -0.25) is 9.59 Å². The average Bonchev–Trinajstić information content (AvgIpc) is 2.78. The number of nitrogens with one attached hydrogen (secondary N) is 2. The highest BCUT2D eigenvalue weighted by atomic mass is 35.5. The molecule has 2 amide bonds. The molecule has 7 nitrogen and oxygen atoms in total. The van der Waals surface area contributed by atoms with Crippen molar-refractivity contribution in [2.24, 2.45) is 5.10 Å². The number of ether oxygens (including phenoxy) is 2. The highest BCUT2D eigenvalue weighted by Gasteiger charge is 2.10. The molecule has 0 bridgehead atoms. The van der Waals surface area contributed by atoms with Crippen molar-refractivity contribution in [1.82, 2.24) is 5.43 Å². The lowest BCUT2D eigenvalue weighted by Gasteiger charge is -2.13. The highest BCUT2D eigenvalue weighted by molar-refractivity contribution is 6.31. The van der Waals surface area contributed by atoms with E-state index in [1.165, 1.54) is 6.21 Å². The minimum Gasteiger partial charge on any atom is -0.493 e. The first kappa shape index (κ1) is 25.2. The molecular formula is C24H30ClN3O4. The van der Waals surface area contributed by atoms with E-state index in [-0.39, 0.29) is 24.7 Å². The fraction of sp³-hybridized carbons (Fsp3) is 0.375. The van der Waals surface area contributed by atoms with Crippen molar-refractivity contribution in [1.29, 1.82) is 0 Å². The lowest BCUT2D eigenvalue weighted by atomic mass is 10.2. The zero-order chi connectivity index (χ0) is 23.3. The van der Waals surface area contributed by atoms with Gasteiger partial charge in [0.15, 0.2) is 11.5 Å². The predicted octanol–water partition coefficient (Wildman–Crippen LogP) is 5.10. The van der Waals surface area contributed by atoms with E-state index >= 15 is 0 Å². The Balaban J connectivity index is 1.85. The zero-order valence-corrected chi connectivity index (χ0v) is 19.5. The molecule has 2 N–H and O–H groups in total. The third-order valence-electron chi connectivity index (χ3n) is 4.65. The van der Waals surface area contributed by atoms with Crippen LogP contribution in [0.4, 0.5) is 5.69 Å². The zero-order valence-electron chi connectivity index (χ0n) is 18.7. The second-order valence-corrected chi connectivity index (χ2v) is 7.65. The van der Waals surface area contributed by atoms with Gasteiger partial charge in [-0.25, -0.2) is 5.43 Å². The smallest absolute Gasteiger partial charge is 0.240 e. The normalized spacial score (nSPS) is 10.8. The number of anilines is 1. The monoisotopic (exact) mass is 459 g/mol. The Morgan fingerprint density at radius 3 is 2.62 bits per heavy atom. The van der Waals surface area contributed by atoms with E-state index < -0.39 is 0 Å². The second-order valence-electron chi connectivity index (χ2n) is 7.24. The molecule has 32 heavy (non-hydrogen) atoms. The number of amides is 2. The minimum atomic E-state index is -0.369. The summed E-state index contributed by atoms with van der Waals surface area (Å²) in [5.41, 5.74) is 4.65. The molecule has 172 valence electrons. The number of nitrogens with zero attached hydrogens (tertiary/aromatic N) is 1. The number of rotatable bonds is 12. The summed E-state index contributed by atoms with van der Waals surface area (Å²) >= 11 is 6.06. The molecule has 0 unspecified atom stereocenters. The number of hydrazone groups is 1. The topological polar surface area (TPSA) is 89.0 Å². The van der Waals surface area contributed by atoms with Crippen molar-refractivity contribution in [2.45, 2.75) is 46.0 Å². The van der Waals surface area contributed by atoms with Gasteiger partial charge in [0.1, 0.15) is 0 Å². The summed E-state index contributed by atoms with van der Waals surface area (Å²) in [5.74, 6) is 0.538. The maximum absolute atomic E-state index is 12.1. The van der Waals surface area contributed by atoms with Crippen LogP contribution in [0.5, 0.6) is 11.5 Å². The van der Waals surface area contributed by atoms with Crippen LogP contribution in [0.25, 0.3) is 0 Å². The molecule has 2 aromatic carbocycles. The van der Waals surface area contributed by atoms with E-state index in [2.05, 4.69) is 22.8 Å². The van der Waals surface area contributed by atoms with Gasteiger partial charge in [-0.2, -0.15) is 5.10 Å². The standard InChI is InChI=1S/C24H30ClN3O4/c1-4-5-6-14-32-24-18(8-7-9-21(24)31-3)16-26-28-23(30)13-12-22(29)27-19-11-10-17(2)20(25)15-19/h7-11,15-16H,4-6,12-14H2,1-3H3,(H,27,29)(H,28,30). The van der Waals surface area contributed by atoms with E-state index in [9.17, 15) is 9.59 Å². The Labute approximate surface area is 194 Å². The van der Waals surface area contributed by atoms with Gasteiger partial charge in [-0.05, 0) is 43.2 Å². The molecule has 0 saturated heterocycles. The number of methoxy groups -OCH3 is 1. The molecule has 2 aromatic rings. The van der Waals surface area contributed by atoms with Crippen LogP contribution in [0.2, 0.25) is 5.02 Å². The average molecular weight is 460 g/mol. The first-order valence-corrected chi connectivity index (χ1v) is 11.0. The summed E-state index contributed by atoms with van der Waals surface area (Å²) in [6.07, 6.45) is 4.66. The Hall–Kier alpha value is -3.06. The number of aryl methyl sites for hydroxylation is 1. The Morgan fingerprint density at radius 2 is 1.91 bits per heavy atom. The number of halogens is 1. The molecule has 0 saturated carbocycles. The van der Waals surface area contributed by atoms with E-state index in [1.54, 1.807) is 19.2 Å². The Bertz CT molecular complexity index is 947. The first-order valence-electron chi connectivity index (χ1n) is 10.6. The van der Waals surface area contributed by atoms with Crippen LogP contribution in [0.15, 0.2) is 41.5 Å². The predicted molar refractivity (Wildman–Crippen MR) is 128 cm³/mol. The van der Waals surface area contributed by atoms with Crippen LogP contribution in [0.1, 0.15) is 50.2 Å². The summed E-state index contributed by atoms with van der Waals surface area (Å²) in [6, 6.07) is 10.7. The summed E-state index contributed by atoms with van der Waals surface area (Å²) < 4.78 is 11.3. The number of carbonyl (C=O) groups is 2. The molecular weight excluding hydrogens is 430 g/mol. The molecule has 0 aliphatic heterocycles. The van der Waals surface area contributed by atoms with Crippen molar-refractivity contribution in [2.75, 3.05) is 19.0 Å². The lowest BCUT2D eigenvalue weighted by molar-refractivity contribution is -0.124. The molecule has 0 aliphatic rings. The highest BCUT2D eigenvalue weighted by Crippen LogP contribution is 2.30. The van der Waals surface area contributed by atoms with Crippen molar-refractivity contribution in [3.63, 3.8) is 0 Å². The fourth-order valence-electron chi connectivity index (χ4n) is 2.83. The van der Waals surface area contributed by atoms with Crippen molar-refractivity contribution < 1.29 is 19.1 Å². The minimum absolute atomic E-state index is 0.00124. The van der Waals surface area contributed by atoms with Gasteiger partial charge < -0.3 is 14.8 Å². The molecule has 0 atom stereocenters. The van der Waals surface area contributed by atoms with Gasteiger partial charge in [-0.1, -0.05) is 43.5 Å². The van der Waals surface area contributed by atoms with Gasteiger partial charge in [-0.15, -0.1) is 0 Å². The lowest BCUT2D eigenvalue weighted by Crippen LogP contribution is -2.20. The molecule has 0 fully saturated rings. The molecule has 2 rings (SSSR count). The van der Waals surface area contributed by atoms with Gasteiger partial charge in [0.25, 0.3) is 0 Å². The number of carbonyl (C=O) groups excluding carboxylic acids is 2. The molecule has 0 radical (unpaired) electrons. The fourth-order valence-corrected chi connectivity index (χ4v) is 3.01. The quantitative estimate of drug-likeness (QED) is 0.262. The molecule has 0 aromatic heterocycles. The van der Waals surface area contributed by atoms with Gasteiger partial charge in [0.2, 0.25) is 11.8 Å². The van der Waals surface area contributed by atoms with Crippen molar-refractivity contribution in [3.8, 4) is 11.5 Å². The van der Waals surface area contributed by atoms with Gasteiger partial charge in [0, 0.05) is 29.1 Å². The van der Waals surface area contributed by atoms with E-state index in [0.717, 1.165) is 24.8 Å². The van der Waals surface area contributed by atoms with Crippen LogP contribution in [-0.4, -0.2) is 31.7 Å². The van der Waals surface area contributed by atoms with E-state index in [4.69, 9.17) is 21.1 Å². The Morgan fingerprint density at radius 1 is 1.12 bits per heavy atom. The van der Waals surface area contributed by atoms with Crippen LogP contribution in [-0.2, 0) is 9.59 Å². The largest absolute Gasteiger partial charge is 0.493 e. The summed E-state index contributed by atoms with van der Waals surface area (Å²) in [4.78, 5) is 24.1. The third-order valence-corrected chi connectivity index (χ3v) is 5.06. The van der Waals surface area contributed by atoms with Crippen LogP contribution < -0.4 is 20.2 Å². The molecule has 0 spiro atoms. The molecule has 0 aliphatic carbocycles.